The molecule has 9 N–H and O–H groups in total. The zero-order chi connectivity index (χ0) is 19.6. The number of carboxylic acid groups (broad SMARTS) is 2. The molecule has 142 valence electrons. The van der Waals surface area contributed by atoms with E-state index >= 15 is 0 Å². The molecule has 0 aliphatic carbocycles. The topological polar surface area (TPSA) is 228 Å². The van der Waals surface area contributed by atoms with E-state index in [4.69, 9.17) is 26.2 Å². The number of carbonyl (C=O) groups is 5. The van der Waals surface area contributed by atoms with Crippen LogP contribution in [0, 0.1) is 0 Å². The lowest BCUT2D eigenvalue weighted by atomic mass is 10.1. The molecule has 25 heavy (non-hydrogen) atoms. The SMILES string of the molecule is NC(CO)C(=O)NCC(=O)NC(CC(=O)O)C(=O)NC(CO)C(=O)O. The number of carbonyl (C=O) groups excluding carboxylic acids is 3. The van der Waals surface area contributed by atoms with E-state index in [2.05, 4.69) is 5.32 Å². The van der Waals surface area contributed by atoms with Crippen LogP contribution >= 0.6 is 0 Å². The highest BCUT2D eigenvalue weighted by molar-refractivity contribution is 5.94. The van der Waals surface area contributed by atoms with Gasteiger partial charge in [-0.2, -0.15) is 0 Å². The first-order valence-electron chi connectivity index (χ1n) is 6.91. The summed E-state index contributed by atoms with van der Waals surface area (Å²) >= 11 is 0. The number of rotatable bonds is 11. The van der Waals surface area contributed by atoms with Crippen LogP contribution in [0.25, 0.3) is 0 Å². The Labute approximate surface area is 141 Å². The maximum absolute atomic E-state index is 11.9. The highest BCUT2D eigenvalue weighted by atomic mass is 16.4. The van der Waals surface area contributed by atoms with E-state index in [-0.39, 0.29) is 0 Å². The molecule has 0 aromatic carbocycles. The number of hydrogen-bond donors (Lipinski definition) is 8. The highest BCUT2D eigenvalue weighted by Crippen LogP contribution is 1.95. The summed E-state index contributed by atoms with van der Waals surface area (Å²) in [4.78, 5) is 56.4. The number of nitrogens with one attached hydrogen (secondary N) is 3. The fourth-order valence-corrected chi connectivity index (χ4v) is 1.47. The fraction of sp³-hybridized carbons (Fsp3) is 0.583. The normalized spacial score (nSPS) is 13.9. The first-order chi connectivity index (χ1) is 11.6. The van der Waals surface area contributed by atoms with Crippen LogP contribution in [-0.4, -0.2) is 88.0 Å². The standard InChI is InChI=1S/C12H20N4O9/c13-5(3-17)10(22)14-2-8(19)15-6(1-9(20)21)11(23)16-7(4-18)12(24)25/h5-7,17-18H,1-4,13H2,(H,14,22)(H,15,19)(H,16,23)(H,20,21)(H,24,25). The van der Waals surface area contributed by atoms with Gasteiger partial charge in [-0.05, 0) is 0 Å². The molecule has 0 bridgehead atoms. The van der Waals surface area contributed by atoms with E-state index in [9.17, 15) is 24.0 Å². The van der Waals surface area contributed by atoms with Gasteiger partial charge in [-0.1, -0.05) is 0 Å². The summed E-state index contributed by atoms with van der Waals surface area (Å²) in [6.45, 7) is -2.25. The Balaban J connectivity index is 4.78. The average Bonchev–Trinajstić information content (AvgIpc) is 2.54. The van der Waals surface area contributed by atoms with Crippen molar-refractivity contribution in [2.24, 2.45) is 5.73 Å². The predicted octanol–water partition coefficient (Wildman–Crippen LogP) is -5.06. The predicted molar refractivity (Wildman–Crippen MR) is 78.9 cm³/mol. The van der Waals surface area contributed by atoms with Crippen LogP contribution in [0.15, 0.2) is 0 Å². The molecular weight excluding hydrogens is 344 g/mol. The molecule has 0 saturated heterocycles. The second-order valence-corrected chi connectivity index (χ2v) is 4.81. The summed E-state index contributed by atoms with van der Waals surface area (Å²) in [5.74, 6) is -5.95. The minimum atomic E-state index is -1.68. The van der Waals surface area contributed by atoms with Gasteiger partial charge in [0.05, 0.1) is 26.2 Å². The van der Waals surface area contributed by atoms with E-state index in [1.165, 1.54) is 0 Å². The fourth-order valence-electron chi connectivity index (χ4n) is 1.47. The van der Waals surface area contributed by atoms with Crippen LogP contribution in [0.5, 0.6) is 0 Å². The summed E-state index contributed by atoms with van der Waals surface area (Å²) in [6, 6.07) is -4.57. The highest BCUT2D eigenvalue weighted by Gasteiger charge is 2.28. The van der Waals surface area contributed by atoms with Gasteiger partial charge in [0.2, 0.25) is 17.7 Å². The van der Waals surface area contributed by atoms with Gasteiger partial charge in [0.15, 0.2) is 0 Å². The number of aliphatic carboxylic acids is 2. The largest absolute Gasteiger partial charge is 0.481 e. The van der Waals surface area contributed by atoms with Crippen molar-refractivity contribution in [3.8, 4) is 0 Å². The Bertz CT molecular complexity index is 525. The molecule has 3 unspecified atom stereocenters. The van der Waals surface area contributed by atoms with Crippen molar-refractivity contribution in [2.45, 2.75) is 24.5 Å². The van der Waals surface area contributed by atoms with Gasteiger partial charge in [0, 0.05) is 0 Å². The molecule has 0 heterocycles. The van der Waals surface area contributed by atoms with Crippen molar-refractivity contribution in [3.63, 3.8) is 0 Å². The first kappa shape index (κ1) is 22.2. The summed E-state index contributed by atoms with van der Waals surface area (Å²) in [6.07, 6.45) is -0.862. The minimum Gasteiger partial charge on any atom is -0.481 e. The Hall–Kier alpha value is -2.77. The lowest BCUT2D eigenvalue weighted by molar-refractivity contribution is -0.144. The third kappa shape index (κ3) is 8.59. The molecule has 0 fully saturated rings. The first-order valence-corrected chi connectivity index (χ1v) is 6.91. The number of aliphatic hydroxyl groups is 2. The van der Waals surface area contributed by atoms with Gasteiger partial charge in [-0.3, -0.25) is 19.2 Å². The Morgan fingerprint density at radius 2 is 1.48 bits per heavy atom. The van der Waals surface area contributed by atoms with Gasteiger partial charge < -0.3 is 42.1 Å². The Kier molecular flexibility index (Phi) is 9.69. The van der Waals surface area contributed by atoms with Gasteiger partial charge in [-0.15, -0.1) is 0 Å². The lowest BCUT2D eigenvalue weighted by Gasteiger charge is -2.19. The van der Waals surface area contributed by atoms with Crippen molar-refractivity contribution in [2.75, 3.05) is 19.8 Å². The molecule has 3 atom stereocenters. The summed E-state index contributed by atoms with van der Waals surface area (Å²) in [5, 5.41) is 40.9. The van der Waals surface area contributed by atoms with Crippen LogP contribution in [0.1, 0.15) is 6.42 Å². The average molecular weight is 364 g/mol. The van der Waals surface area contributed by atoms with E-state index in [0.29, 0.717) is 0 Å². The van der Waals surface area contributed by atoms with E-state index in [0.717, 1.165) is 0 Å². The smallest absolute Gasteiger partial charge is 0.328 e. The molecule has 0 radical (unpaired) electrons. The second-order valence-electron chi connectivity index (χ2n) is 4.81. The summed E-state index contributed by atoms with van der Waals surface area (Å²) < 4.78 is 0. The molecule has 3 amide bonds. The van der Waals surface area contributed by atoms with Crippen molar-refractivity contribution < 1.29 is 44.4 Å². The molecule has 0 spiro atoms. The molecule has 0 aromatic rings. The van der Waals surface area contributed by atoms with Gasteiger partial charge in [-0.25, -0.2) is 4.79 Å². The summed E-state index contributed by atoms with van der Waals surface area (Å²) in [7, 11) is 0. The van der Waals surface area contributed by atoms with Gasteiger partial charge >= 0.3 is 11.9 Å². The molecule has 0 aliphatic heterocycles. The lowest BCUT2D eigenvalue weighted by Crippen LogP contribution is -2.55. The van der Waals surface area contributed by atoms with Crippen LogP contribution in [0.2, 0.25) is 0 Å². The number of aliphatic hydroxyl groups excluding tert-OH is 2. The molecule has 0 aliphatic rings. The van der Waals surface area contributed by atoms with Crippen LogP contribution < -0.4 is 21.7 Å². The number of amides is 3. The molecule has 0 rings (SSSR count). The van der Waals surface area contributed by atoms with E-state index in [1.807, 2.05) is 10.6 Å². The van der Waals surface area contributed by atoms with Crippen LogP contribution in [-0.2, 0) is 24.0 Å². The van der Waals surface area contributed by atoms with Crippen molar-refractivity contribution in [1.82, 2.24) is 16.0 Å². The second kappa shape index (κ2) is 10.9. The number of hydrogen-bond acceptors (Lipinski definition) is 8. The summed E-state index contributed by atoms with van der Waals surface area (Å²) in [5.41, 5.74) is 5.20. The molecule has 0 aromatic heterocycles. The maximum Gasteiger partial charge on any atom is 0.328 e. The zero-order valence-corrected chi connectivity index (χ0v) is 13.0. The zero-order valence-electron chi connectivity index (χ0n) is 13.0. The van der Waals surface area contributed by atoms with E-state index in [1.54, 1.807) is 0 Å². The number of carboxylic acids is 2. The molecular formula is C12H20N4O9. The van der Waals surface area contributed by atoms with Crippen molar-refractivity contribution in [3.05, 3.63) is 0 Å². The minimum absolute atomic E-state index is 0.654. The maximum atomic E-state index is 11.9. The Morgan fingerprint density at radius 1 is 0.880 bits per heavy atom. The molecule has 0 saturated carbocycles. The quantitative estimate of drug-likeness (QED) is 0.174. The van der Waals surface area contributed by atoms with Crippen LogP contribution in [0.4, 0.5) is 0 Å². The van der Waals surface area contributed by atoms with Crippen LogP contribution in [0.3, 0.4) is 0 Å². The van der Waals surface area contributed by atoms with Crippen molar-refractivity contribution >= 4 is 29.7 Å². The monoisotopic (exact) mass is 364 g/mol. The Morgan fingerprint density at radius 3 is 1.92 bits per heavy atom. The third-order valence-corrected chi connectivity index (χ3v) is 2.78. The van der Waals surface area contributed by atoms with E-state index < -0.39 is 74.0 Å². The van der Waals surface area contributed by atoms with Gasteiger partial charge in [0.1, 0.15) is 18.1 Å². The molecule has 13 heteroatoms. The van der Waals surface area contributed by atoms with Gasteiger partial charge in [0.25, 0.3) is 0 Å². The number of nitrogens with two attached hydrogens (primary N) is 1. The van der Waals surface area contributed by atoms with Crippen molar-refractivity contribution in [1.29, 1.82) is 0 Å². The third-order valence-electron chi connectivity index (χ3n) is 2.78. The molecule has 13 nitrogen and oxygen atoms in total.